The van der Waals surface area contributed by atoms with E-state index in [0.29, 0.717) is 0 Å². The third kappa shape index (κ3) is 1.14. The molecular weight excluding hydrogens is 142 g/mol. The van der Waals surface area contributed by atoms with Crippen LogP contribution in [-0.4, -0.2) is 11.4 Å². The number of aromatic nitrogens is 1. The first-order chi connectivity index (χ1) is 3.80. The van der Waals surface area contributed by atoms with E-state index in [9.17, 15) is 0 Å². The van der Waals surface area contributed by atoms with Crippen LogP contribution in [0.4, 0.5) is 0 Å². The lowest BCUT2D eigenvalue weighted by atomic mass is 10.8. The minimum atomic E-state index is -0.169. The predicted molar refractivity (Wildman–Crippen MR) is 35.4 cm³/mol. The molecule has 0 radical (unpaired) electrons. The van der Waals surface area contributed by atoms with Gasteiger partial charge in [-0.2, -0.15) is 0 Å². The highest BCUT2D eigenvalue weighted by Gasteiger charge is 1.92. The molecule has 0 saturated heterocycles. The van der Waals surface area contributed by atoms with Crippen molar-refractivity contribution in [2.24, 2.45) is 0 Å². The maximum absolute atomic E-state index is 4.90. The molecule has 0 spiro atoms. The molecule has 0 saturated carbocycles. The van der Waals surface area contributed by atoms with Crippen LogP contribution in [0.1, 0.15) is 0 Å². The molecule has 1 heterocycles. The Balaban J connectivity index is 2.93. The van der Waals surface area contributed by atoms with Gasteiger partial charge in [0.05, 0.1) is 0 Å². The summed E-state index contributed by atoms with van der Waals surface area (Å²) in [7, 11) is -0.169. The van der Waals surface area contributed by atoms with E-state index in [4.69, 9.17) is 11.2 Å². The molecule has 8 heavy (non-hydrogen) atoms. The summed E-state index contributed by atoms with van der Waals surface area (Å²) in [5.41, 5.74) is 0. The van der Waals surface area contributed by atoms with Crippen molar-refractivity contribution >= 4 is 20.6 Å². The van der Waals surface area contributed by atoms with Gasteiger partial charge >= 0.3 is 0 Å². The summed E-state index contributed by atoms with van der Waals surface area (Å²) in [5, 5.41) is 4.51. The van der Waals surface area contributed by atoms with Gasteiger partial charge in [-0.05, 0) is 17.4 Å². The van der Waals surface area contributed by atoms with E-state index in [-0.39, 0.29) is 9.45 Å². The maximum Gasteiger partial charge on any atom is 0.143 e. The lowest BCUT2D eigenvalue weighted by Crippen LogP contribution is -1.82. The first-order valence-electron chi connectivity index (χ1n) is 2.04. The second-order valence-corrected chi connectivity index (χ2v) is 4.12. The van der Waals surface area contributed by atoms with E-state index >= 15 is 0 Å². The van der Waals surface area contributed by atoms with Crippen molar-refractivity contribution in [2.75, 3.05) is 6.26 Å². The fourth-order valence-electron chi connectivity index (χ4n) is 0.350. The van der Waals surface area contributed by atoms with Crippen molar-refractivity contribution in [2.45, 2.75) is 5.03 Å². The highest BCUT2D eigenvalue weighted by atomic mass is 32.8. The summed E-state index contributed by atoms with van der Waals surface area (Å²) in [6, 6.07) is 1.79. The molecule has 0 aliphatic heterocycles. The number of hydrogen-bond acceptors (Lipinski definition) is 3. The average molecular weight is 147 g/mol. The van der Waals surface area contributed by atoms with Gasteiger partial charge in [0.2, 0.25) is 0 Å². The van der Waals surface area contributed by atoms with Crippen molar-refractivity contribution in [1.29, 1.82) is 0 Å². The van der Waals surface area contributed by atoms with Crippen LogP contribution >= 0.6 is 0 Å². The Morgan fingerprint density at radius 1 is 1.88 bits per heavy atom. The Labute approximate surface area is 54.5 Å². The molecule has 1 atom stereocenters. The predicted octanol–water partition coefficient (Wildman–Crippen LogP) is 0.743. The van der Waals surface area contributed by atoms with Crippen molar-refractivity contribution in [3.8, 4) is 0 Å². The Hall–Kier alpha value is -0.220. The SMILES string of the molecule is CS(=S)c1ccon1. The third-order valence-corrected chi connectivity index (χ3v) is 2.02. The van der Waals surface area contributed by atoms with Crippen LogP contribution in [0.2, 0.25) is 0 Å². The summed E-state index contributed by atoms with van der Waals surface area (Å²) >= 11 is 4.90. The van der Waals surface area contributed by atoms with Gasteiger partial charge in [-0.3, -0.25) is 0 Å². The molecule has 44 valence electrons. The largest absolute Gasteiger partial charge is 0.364 e. The summed E-state index contributed by atoms with van der Waals surface area (Å²) < 4.78 is 4.57. The summed E-state index contributed by atoms with van der Waals surface area (Å²) in [6.07, 6.45) is 3.46. The monoisotopic (exact) mass is 147 g/mol. The lowest BCUT2D eigenvalue weighted by Gasteiger charge is -1.82. The smallest absolute Gasteiger partial charge is 0.143 e. The van der Waals surface area contributed by atoms with Crippen molar-refractivity contribution < 1.29 is 4.52 Å². The minimum absolute atomic E-state index is 0.169. The van der Waals surface area contributed by atoms with E-state index in [1.807, 2.05) is 6.26 Å². The normalized spacial score (nSPS) is 13.6. The summed E-state index contributed by atoms with van der Waals surface area (Å²) in [5.74, 6) is 0. The number of hydrogen-bond donors (Lipinski definition) is 0. The van der Waals surface area contributed by atoms with Crippen LogP contribution < -0.4 is 0 Å². The Bertz CT molecular complexity index is 182. The molecular formula is C4H5NOS2. The third-order valence-electron chi connectivity index (χ3n) is 0.709. The minimum Gasteiger partial charge on any atom is -0.364 e. The highest BCUT2D eigenvalue weighted by molar-refractivity contribution is 8.28. The Morgan fingerprint density at radius 3 is 2.88 bits per heavy atom. The Morgan fingerprint density at radius 2 is 2.62 bits per heavy atom. The van der Waals surface area contributed by atoms with Crippen LogP contribution in [0.5, 0.6) is 0 Å². The molecule has 0 aliphatic carbocycles. The molecule has 1 unspecified atom stereocenters. The van der Waals surface area contributed by atoms with Crippen LogP contribution in [-0.2, 0) is 20.6 Å². The van der Waals surface area contributed by atoms with Gasteiger partial charge in [0, 0.05) is 6.07 Å². The molecule has 2 nitrogen and oxygen atoms in total. The molecule has 1 aromatic heterocycles. The lowest BCUT2D eigenvalue weighted by molar-refractivity contribution is 0.404. The molecule has 0 aromatic carbocycles. The van der Waals surface area contributed by atoms with Crippen LogP contribution in [0, 0.1) is 0 Å². The van der Waals surface area contributed by atoms with Gasteiger partial charge < -0.3 is 4.52 Å². The van der Waals surface area contributed by atoms with E-state index in [0.717, 1.165) is 5.03 Å². The van der Waals surface area contributed by atoms with Gasteiger partial charge in [-0.15, -0.1) is 0 Å². The molecule has 0 aliphatic rings. The van der Waals surface area contributed by atoms with E-state index < -0.39 is 0 Å². The summed E-state index contributed by atoms with van der Waals surface area (Å²) in [6.45, 7) is 0. The second kappa shape index (κ2) is 2.37. The fourth-order valence-corrected chi connectivity index (χ4v) is 1.00. The maximum atomic E-state index is 4.90. The molecule has 1 aromatic rings. The molecule has 0 fully saturated rings. The topological polar surface area (TPSA) is 26.0 Å². The van der Waals surface area contributed by atoms with Crippen LogP contribution in [0.25, 0.3) is 0 Å². The zero-order chi connectivity index (χ0) is 5.98. The van der Waals surface area contributed by atoms with E-state index in [1.54, 1.807) is 6.07 Å². The molecule has 0 N–H and O–H groups in total. The fraction of sp³-hybridized carbons (Fsp3) is 0.250. The number of rotatable bonds is 1. The summed E-state index contributed by atoms with van der Waals surface area (Å²) in [4.78, 5) is 0. The van der Waals surface area contributed by atoms with Gasteiger partial charge in [0.15, 0.2) is 0 Å². The van der Waals surface area contributed by atoms with Crippen molar-refractivity contribution in [3.63, 3.8) is 0 Å². The van der Waals surface area contributed by atoms with E-state index in [2.05, 4.69) is 9.68 Å². The molecule has 0 amide bonds. The zero-order valence-corrected chi connectivity index (χ0v) is 5.96. The van der Waals surface area contributed by atoms with Gasteiger partial charge in [-0.25, -0.2) is 0 Å². The standard InChI is InChI=1S/C4H5NOS2/c1-8(7)4-2-3-6-5-4/h2-3H,1H3. The molecule has 4 heteroatoms. The quantitative estimate of drug-likeness (QED) is 0.586. The molecule has 0 bridgehead atoms. The number of nitrogens with zero attached hydrogens (tertiary/aromatic N) is 1. The Kier molecular flexibility index (Phi) is 1.75. The van der Waals surface area contributed by atoms with Gasteiger partial charge in [0.25, 0.3) is 0 Å². The zero-order valence-electron chi connectivity index (χ0n) is 4.33. The van der Waals surface area contributed by atoms with Gasteiger partial charge in [0.1, 0.15) is 11.3 Å². The van der Waals surface area contributed by atoms with Crippen molar-refractivity contribution in [3.05, 3.63) is 12.3 Å². The average Bonchev–Trinajstić information content (AvgIpc) is 2.12. The highest BCUT2D eigenvalue weighted by Crippen LogP contribution is 1.97. The van der Waals surface area contributed by atoms with Gasteiger partial charge in [-0.1, -0.05) is 14.6 Å². The first-order valence-corrected chi connectivity index (χ1v) is 4.60. The van der Waals surface area contributed by atoms with Crippen molar-refractivity contribution in [1.82, 2.24) is 5.16 Å². The molecule has 1 rings (SSSR count). The first kappa shape index (κ1) is 5.91. The van der Waals surface area contributed by atoms with E-state index in [1.165, 1.54) is 6.26 Å². The van der Waals surface area contributed by atoms with Crippen LogP contribution in [0.15, 0.2) is 21.9 Å². The van der Waals surface area contributed by atoms with Crippen LogP contribution in [0.3, 0.4) is 0 Å². The second-order valence-electron chi connectivity index (χ2n) is 1.29.